The molecule has 0 fully saturated rings. The van der Waals surface area contributed by atoms with E-state index in [1.165, 1.54) is 12.1 Å². The number of hydrogen-bond acceptors (Lipinski definition) is 2. The number of hydrogen-bond donors (Lipinski definition) is 1. The second-order valence-electron chi connectivity index (χ2n) is 3.46. The highest BCUT2D eigenvalue weighted by Crippen LogP contribution is 2.32. The maximum Gasteiger partial charge on any atom is 0.417 e. The van der Waals surface area contributed by atoms with Crippen LogP contribution in [0.4, 0.5) is 13.2 Å². The van der Waals surface area contributed by atoms with Crippen molar-refractivity contribution in [2.75, 3.05) is 0 Å². The third-order valence-electron chi connectivity index (χ3n) is 2.17. The molecule has 2 N–H and O–H groups in total. The number of carbonyl (C=O) groups excluding carboxylic acids is 1. The Bertz CT molecular complexity index is 475. The number of rotatable bonds is 3. The number of carbonyl (C=O) groups is 1. The van der Waals surface area contributed by atoms with E-state index >= 15 is 0 Å². The first-order valence-electron chi connectivity index (χ1n) is 4.73. The van der Waals surface area contributed by atoms with Crippen molar-refractivity contribution >= 4 is 5.91 Å². The van der Waals surface area contributed by atoms with E-state index < -0.39 is 23.2 Å². The number of nitrogens with zero attached hydrogens (tertiary/aromatic N) is 1. The molecule has 0 heterocycles. The van der Waals surface area contributed by atoms with Gasteiger partial charge in [-0.2, -0.15) is 18.4 Å². The second kappa shape index (κ2) is 4.87. The van der Waals surface area contributed by atoms with Crippen molar-refractivity contribution in [3.05, 3.63) is 34.9 Å². The number of aryl methyl sites for hydroxylation is 1. The third kappa shape index (κ3) is 3.48. The van der Waals surface area contributed by atoms with Gasteiger partial charge < -0.3 is 5.73 Å². The molecule has 1 aromatic rings. The van der Waals surface area contributed by atoms with E-state index in [0.29, 0.717) is 5.56 Å². The molecule has 0 radical (unpaired) electrons. The zero-order valence-corrected chi connectivity index (χ0v) is 8.71. The molecule has 17 heavy (non-hydrogen) atoms. The fraction of sp³-hybridized carbons (Fsp3) is 0.273. The fourth-order valence-electron chi connectivity index (χ4n) is 1.35. The molecule has 1 aromatic carbocycles. The van der Waals surface area contributed by atoms with Gasteiger partial charge in [-0.15, -0.1) is 0 Å². The zero-order chi connectivity index (χ0) is 13.1. The van der Waals surface area contributed by atoms with Gasteiger partial charge in [0.1, 0.15) is 0 Å². The minimum absolute atomic E-state index is 0.0379. The SMILES string of the molecule is N#Cc1cc(CCC(N)=O)ccc1C(F)(F)F. The minimum Gasteiger partial charge on any atom is -0.370 e. The molecular weight excluding hydrogens is 233 g/mol. The maximum absolute atomic E-state index is 12.5. The summed E-state index contributed by atoms with van der Waals surface area (Å²) in [4.78, 5) is 10.5. The summed E-state index contributed by atoms with van der Waals surface area (Å²) in [6.45, 7) is 0. The Labute approximate surface area is 95.6 Å². The van der Waals surface area contributed by atoms with Crippen molar-refractivity contribution in [1.82, 2.24) is 0 Å². The Morgan fingerprint density at radius 3 is 2.53 bits per heavy atom. The maximum atomic E-state index is 12.5. The van der Waals surface area contributed by atoms with Gasteiger partial charge >= 0.3 is 6.18 Å². The number of benzene rings is 1. The molecule has 0 aliphatic carbocycles. The summed E-state index contributed by atoms with van der Waals surface area (Å²) >= 11 is 0. The van der Waals surface area contributed by atoms with Crippen molar-refractivity contribution in [3.63, 3.8) is 0 Å². The van der Waals surface area contributed by atoms with E-state index in [1.54, 1.807) is 0 Å². The van der Waals surface area contributed by atoms with Gasteiger partial charge in [-0.25, -0.2) is 0 Å². The van der Waals surface area contributed by atoms with E-state index in [1.807, 2.05) is 0 Å². The van der Waals surface area contributed by atoms with Crippen molar-refractivity contribution < 1.29 is 18.0 Å². The molecule has 0 aliphatic rings. The highest BCUT2D eigenvalue weighted by Gasteiger charge is 2.33. The van der Waals surface area contributed by atoms with Crippen LogP contribution in [0.25, 0.3) is 0 Å². The van der Waals surface area contributed by atoms with E-state index in [-0.39, 0.29) is 12.8 Å². The van der Waals surface area contributed by atoms with E-state index in [2.05, 4.69) is 0 Å². The molecule has 1 rings (SSSR count). The number of nitriles is 1. The van der Waals surface area contributed by atoms with Crippen LogP contribution in [-0.4, -0.2) is 5.91 Å². The smallest absolute Gasteiger partial charge is 0.370 e. The Kier molecular flexibility index (Phi) is 3.73. The first kappa shape index (κ1) is 13.0. The topological polar surface area (TPSA) is 66.9 Å². The van der Waals surface area contributed by atoms with Crippen LogP contribution in [-0.2, 0) is 17.4 Å². The van der Waals surface area contributed by atoms with Crippen LogP contribution >= 0.6 is 0 Å². The highest BCUT2D eigenvalue weighted by atomic mass is 19.4. The standard InChI is InChI=1S/C11H9F3N2O/c12-11(13,14)9-3-1-7(2-4-10(16)17)5-8(9)6-15/h1,3,5H,2,4H2,(H2,16,17). The van der Waals surface area contributed by atoms with Gasteiger partial charge in [0.25, 0.3) is 0 Å². The molecule has 0 unspecified atom stereocenters. The van der Waals surface area contributed by atoms with Gasteiger partial charge in [0, 0.05) is 6.42 Å². The summed E-state index contributed by atoms with van der Waals surface area (Å²) in [6, 6.07) is 4.71. The summed E-state index contributed by atoms with van der Waals surface area (Å²) in [6.07, 6.45) is -4.29. The van der Waals surface area contributed by atoms with Gasteiger partial charge in [-0.05, 0) is 24.1 Å². The molecule has 0 spiro atoms. The first-order chi connectivity index (χ1) is 7.84. The number of amides is 1. The molecule has 3 nitrogen and oxygen atoms in total. The van der Waals surface area contributed by atoms with Crippen molar-refractivity contribution in [2.24, 2.45) is 5.73 Å². The van der Waals surface area contributed by atoms with Gasteiger partial charge in [0.2, 0.25) is 5.91 Å². The lowest BCUT2D eigenvalue weighted by Gasteiger charge is -2.09. The van der Waals surface area contributed by atoms with Crippen LogP contribution in [0, 0.1) is 11.3 Å². The highest BCUT2D eigenvalue weighted by molar-refractivity contribution is 5.74. The average molecular weight is 242 g/mol. The van der Waals surface area contributed by atoms with Crippen LogP contribution in [0.1, 0.15) is 23.1 Å². The van der Waals surface area contributed by atoms with Crippen LogP contribution in [0.2, 0.25) is 0 Å². The monoisotopic (exact) mass is 242 g/mol. The van der Waals surface area contributed by atoms with Crippen LogP contribution in [0.15, 0.2) is 18.2 Å². The van der Waals surface area contributed by atoms with Crippen LogP contribution < -0.4 is 5.73 Å². The van der Waals surface area contributed by atoms with Crippen molar-refractivity contribution in [1.29, 1.82) is 5.26 Å². The quantitative estimate of drug-likeness (QED) is 0.880. The largest absolute Gasteiger partial charge is 0.417 e. The number of nitrogens with two attached hydrogens (primary N) is 1. The molecule has 0 aliphatic heterocycles. The van der Waals surface area contributed by atoms with Gasteiger partial charge in [0.05, 0.1) is 17.2 Å². The molecule has 90 valence electrons. The van der Waals surface area contributed by atoms with Crippen molar-refractivity contribution in [2.45, 2.75) is 19.0 Å². The minimum atomic E-state index is -4.55. The van der Waals surface area contributed by atoms with E-state index in [0.717, 1.165) is 12.1 Å². The number of alkyl halides is 3. The zero-order valence-electron chi connectivity index (χ0n) is 8.71. The van der Waals surface area contributed by atoms with E-state index in [4.69, 9.17) is 11.0 Å². The van der Waals surface area contributed by atoms with Crippen LogP contribution in [0.3, 0.4) is 0 Å². The Morgan fingerprint density at radius 1 is 1.41 bits per heavy atom. The van der Waals surface area contributed by atoms with E-state index in [9.17, 15) is 18.0 Å². The second-order valence-corrected chi connectivity index (χ2v) is 3.46. The van der Waals surface area contributed by atoms with Gasteiger partial charge in [-0.3, -0.25) is 4.79 Å². The molecule has 1 amide bonds. The lowest BCUT2D eigenvalue weighted by Crippen LogP contribution is -2.12. The lowest BCUT2D eigenvalue weighted by atomic mass is 10.0. The van der Waals surface area contributed by atoms with Crippen LogP contribution in [0.5, 0.6) is 0 Å². The first-order valence-corrected chi connectivity index (χ1v) is 4.73. The third-order valence-corrected chi connectivity index (χ3v) is 2.17. The molecule has 0 aromatic heterocycles. The number of halogens is 3. The van der Waals surface area contributed by atoms with Gasteiger partial charge in [-0.1, -0.05) is 6.07 Å². The average Bonchev–Trinajstić information content (AvgIpc) is 2.24. The fourth-order valence-corrected chi connectivity index (χ4v) is 1.35. The summed E-state index contributed by atoms with van der Waals surface area (Å²) in [5.74, 6) is -0.539. The predicted molar refractivity (Wildman–Crippen MR) is 53.7 cm³/mol. The molecular formula is C11H9F3N2O. The Hall–Kier alpha value is -2.03. The molecule has 0 saturated carbocycles. The summed E-state index contributed by atoms with van der Waals surface area (Å²) in [5.41, 5.74) is 3.99. The summed E-state index contributed by atoms with van der Waals surface area (Å²) in [7, 11) is 0. The molecule has 0 saturated heterocycles. The Morgan fingerprint density at radius 2 is 2.06 bits per heavy atom. The number of primary amides is 1. The predicted octanol–water partition coefficient (Wildman–Crippen LogP) is 1.99. The Balaban J connectivity index is 3.02. The summed E-state index contributed by atoms with van der Waals surface area (Å²) < 4.78 is 37.4. The van der Waals surface area contributed by atoms with Gasteiger partial charge in [0.15, 0.2) is 0 Å². The van der Waals surface area contributed by atoms with Crippen molar-refractivity contribution in [3.8, 4) is 6.07 Å². The molecule has 6 heteroatoms. The summed E-state index contributed by atoms with van der Waals surface area (Å²) in [5, 5.41) is 8.64. The molecule has 0 atom stereocenters. The lowest BCUT2D eigenvalue weighted by molar-refractivity contribution is -0.137. The normalized spacial score (nSPS) is 10.9. The molecule has 0 bridgehead atoms.